The molecule has 0 fully saturated rings. The molecule has 0 saturated carbocycles. The number of alkyl halides is 2. The summed E-state index contributed by atoms with van der Waals surface area (Å²) >= 11 is 0. The van der Waals surface area contributed by atoms with E-state index in [2.05, 4.69) is 10.1 Å². The second-order valence-corrected chi connectivity index (χ2v) is 7.79. The molecule has 2 amide bonds. The molecule has 0 unspecified atom stereocenters. The van der Waals surface area contributed by atoms with Gasteiger partial charge >= 0.3 is 6.03 Å². The van der Waals surface area contributed by atoms with Gasteiger partial charge < -0.3 is 9.47 Å². The molecule has 0 saturated heterocycles. The van der Waals surface area contributed by atoms with E-state index in [-0.39, 0.29) is 18.3 Å². The first kappa shape index (κ1) is 21.6. The van der Waals surface area contributed by atoms with Crippen LogP contribution in [0.5, 0.6) is 11.5 Å². The van der Waals surface area contributed by atoms with E-state index in [1.807, 2.05) is 31.4 Å². The van der Waals surface area contributed by atoms with Crippen molar-refractivity contribution < 1.29 is 23.0 Å². The zero-order valence-corrected chi connectivity index (χ0v) is 18.5. The first-order valence-corrected chi connectivity index (χ1v) is 10.5. The molecular formula is C24H21F2N5O3. The number of aromatic nitrogens is 3. The number of hydrogen-bond donors (Lipinski definition) is 0. The van der Waals surface area contributed by atoms with E-state index >= 15 is 0 Å². The molecule has 8 nitrogen and oxygen atoms in total. The molecule has 2 aromatic carbocycles. The van der Waals surface area contributed by atoms with Crippen LogP contribution in [0.25, 0.3) is 10.9 Å². The van der Waals surface area contributed by atoms with Crippen LogP contribution in [0, 0.1) is 0 Å². The Hall–Kier alpha value is -4.21. The van der Waals surface area contributed by atoms with Gasteiger partial charge in [0.15, 0.2) is 0 Å². The van der Waals surface area contributed by atoms with Crippen molar-refractivity contribution in [3.8, 4) is 11.5 Å². The van der Waals surface area contributed by atoms with Gasteiger partial charge in [-0.25, -0.2) is 13.6 Å². The van der Waals surface area contributed by atoms with Gasteiger partial charge in [-0.15, -0.1) is 0 Å². The molecular weight excluding hydrogens is 444 g/mol. The molecule has 1 aliphatic rings. The van der Waals surface area contributed by atoms with Crippen LogP contribution in [0.1, 0.15) is 5.69 Å². The molecule has 174 valence electrons. The summed E-state index contributed by atoms with van der Waals surface area (Å²) in [5, 5.41) is 5.29. The predicted octanol–water partition coefficient (Wildman–Crippen LogP) is 4.90. The van der Waals surface area contributed by atoms with Crippen LogP contribution in [0.4, 0.5) is 30.6 Å². The number of pyridine rings is 1. The van der Waals surface area contributed by atoms with Crippen molar-refractivity contribution in [2.75, 3.05) is 23.5 Å². The van der Waals surface area contributed by atoms with Gasteiger partial charge in [-0.2, -0.15) is 5.10 Å². The van der Waals surface area contributed by atoms with Crippen LogP contribution in [0.2, 0.25) is 0 Å². The summed E-state index contributed by atoms with van der Waals surface area (Å²) in [6.07, 6.45) is 0.659. The number of urea groups is 1. The van der Waals surface area contributed by atoms with Crippen LogP contribution in [0.3, 0.4) is 0 Å². The van der Waals surface area contributed by atoms with Crippen molar-refractivity contribution in [3.05, 3.63) is 66.6 Å². The normalized spacial score (nSPS) is 13.5. The third-order valence-electron chi connectivity index (χ3n) is 5.51. The standard InChI is InChI=1S/C24H21F2N5O3/c1-29-12-15-9-17(5-8-20(15)28-29)30-13-21-22(10-19(11-27-21)34-14-23(25)26)31(24(30)32)16-3-6-18(33-2)7-4-16/h3-12,23H,13-14H2,1-2H3. The van der Waals surface area contributed by atoms with Gasteiger partial charge in [0.2, 0.25) is 0 Å². The third-order valence-corrected chi connectivity index (χ3v) is 5.51. The highest BCUT2D eigenvalue weighted by molar-refractivity contribution is 6.11. The molecule has 5 rings (SSSR count). The Morgan fingerprint density at radius 3 is 2.56 bits per heavy atom. The smallest absolute Gasteiger partial charge is 0.334 e. The number of carbonyl (C=O) groups is 1. The summed E-state index contributed by atoms with van der Waals surface area (Å²) in [7, 11) is 3.40. The summed E-state index contributed by atoms with van der Waals surface area (Å²) in [5.74, 6) is 0.801. The first-order valence-electron chi connectivity index (χ1n) is 10.5. The average Bonchev–Trinajstić information content (AvgIpc) is 3.21. The van der Waals surface area contributed by atoms with E-state index in [9.17, 15) is 13.6 Å². The number of amides is 2. The highest BCUT2D eigenvalue weighted by Gasteiger charge is 2.34. The van der Waals surface area contributed by atoms with E-state index in [1.165, 1.54) is 11.1 Å². The first-order chi connectivity index (χ1) is 16.4. The molecule has 3 heterocycles. The fraction of sp³-hybridized carbons (Fsp3) is 0.208. The number of hydrogen-bond acceptors (Lipinski definition) is 5. The molecule has 0 N–H and O–H groups in total. The summed E-state index contributed by atoms with van der Waals surface area (Å²) in [4.78, 5) is 21.3. The zero-order chi connectivity index (χ0) is 23.8. The minimum absolute atomic E-state index is 0.163. The fourth-order valence-electron chi connectivity index (χ4n) is 3.94. The van der Waals surface area contributed by atoms with Gasteiger partial charge in [0.05, 0.1) is 42.4 Å². The van der Waals surface area contributed by atoms with E-state index in [0.29, 0.717) is 28.5 Å². The maximum Gasteiger partial charge on any atom is 0.334 e. The topological polar surface area (TPSA) is 72.7 Å². The quantitative estimate of drug-likeness (QED) is 0.405. The number of methoxy groups -OCH3 is 1. The molecule has 0 radical (unpaired) electrons. The molecule has 10 heteroatoms. The van der Waals surface area contributed by atoms with Crippen molar-refractivity contribution in [2.45, 2.75) is 13.0 Å². The Morgan fingerprint density at radius 1 is 1.06 bits per heavy atom. The van der Waals surface area contributed by atoms with E-state index < -0.39 is 13.0 Å². The molecule has 0 atom stereocenters. The predicted molar refractivity (Wildman–Crippen MR) is 123 cm³/mol. The fourth-order valence-corrected chi connectivity index (χ4v) is 3.94. The molecule has 1 aliphatic heterocycles. The number of nitrogens with zero attached hydrogens (tertiary/aromatic N) is 5. The Kier molecular flexibility index (Phi) is 5.48. The van der Waals surface area contributed by atoms with E-state index in [1.54, 1.807) is 47.0 Å². The lowest BCUT2D eigenvalue weighted by Gasteiger charge is -2.36. The van der Waals surface area contributed by atoms with Crippen LogP contribution in [0.15, 0.2) is 60.9 Å². The summed E-state index contributed by atoms with van der Waals surface area (Å²) in [6.45, 7) is -0.546. The molecule has 34 heavy (non-hydrogen) atoms. The number of halogens is 2. The van der Waals surface area contributed by atoms with Gasteiger partial charge in [-0.3, -0.25) is 19.5 Å². The summed E-state index contributed by atoms with van der Waals surface area (Å²) < 4.78 is 37.4. The van der Waals surface area contributed by atoms with Gasteiger partial charge in [-0.05, 0) is 42.5 Å². The highest BCUT2D eigenvalue weighted by atomic mass is 19.3. The number of rotatable bonds is 6. The largest absolute Gasteiger partial charge is 0.497 e. The molecule has 0 aliphatic carbocycles. The second kappa shape index (κ2) is 8.62. The Balaban J connectivity index is 1.58. The van der Waals surface area contributed by atoms with Crippen molar-refractivity contribution in [2.24, 2.45) is 7.05 Å². The van der Waals surface area contributed by atoms with E-state index in [0.717, 1.165) is 10.9 Å². The summed E-state index contributed by atoms with van der Waals surface area (Å²) in [6, 6.07) is 13.8. The average molecular weight is 465 g/mol. The number of benzene rings is 2. The van der Waals surface area contributed by atoms with Crippen molar-refractivity contribution in [1.82, 2.24) is 14.8 Å². The lowest BCUT2D eigenvalue weighted by Crippen LogP contribution is -2.45. The van der Waals surface area contributed by atoms with Crippen LogP contribution >= 0.6 is 0 Å². The van der Waals surface area contributed by atoms with Crippen LogP contribution in [-0.4, -0.2) is 40.9 Å². The Bertz CT molecular complexity index is 1360. The maximum absolute atomic E-state index is 13.8. The van der Waals surface area contributed by atoms with Crippen molar-refractivity contribution in [1.29, 1.82) is 0 Å². The van der Waals surface area contributed by atoms with Crippen molar-refractivity contribution >= 4 is 34.0 Å². The number of carbonyl (C=O) groups excluding carboxylic acids is 1. The maximum atomic E-state index is 13.8. The number of fused-ring (bicyclic) bond motifs is 2. The second-order valence-electron chi connectivity index (χ2n) is 7.79. The van der Waals surface area contributed by atoms with Crippen LogP contribution in [-0.2, 0) is 13.6 Å². The Labute approximate surface area is 193 Å². The van der Waals surface area contributed by atoms with Gasteiger partial charge in [0.25, 0.3) is 6.43 Å². The lowest BCUT2D eigenvalue weighted by molar-refractivity contribution is 0.0817. The lowest BCUT2D eigenvalue weighted by atomic mass is 10.1. The molecule has 4 aromatic rings. The minimum atomic E-state index is -2.62. The highest BCUT2D eigenvalue weighted by Crippen LogP contribution is 2.38. The SMILES string of the molecule is COc1ccc(N2C(=O)N(c3ccc4nn(C)cc4c3)Cc3ncc(OCC(F)F)cc32)cc1. The summed E-state index contributed by atoms with van der Waals surface area (Å²) in [5.41, 5.74) is 3.16. The minimum Gasteiger partial charge on any atom is -0.497 e. The number of aryl methyl sites for hydroxylation is 1. The monoisotopic (exact) mass is 465 g/mol. The third kappa shape index (κ3) is 3.98. The van der Waals surface area contributed by atoms with E-state index in [4.69, 9.17) is 9.47 Å². The van der Waals surface area contributed by atoms with Crippen LogP contribution < -0.4 is 19.3 Å². The molecule has 2 aromatic heterocycles. The number of anilines is 3. The molecule has 0 bridgehead atoms. The van der Waals surface area contributed by atoms with Crippen molar-refractivity contribution in [3.63, 3.8) is 0 Å². The van der Waals surface area contributed by atoms with Gasteiger partial charge in [0, 0.05) is 30.4 Å². The van der Waals surface area contributed by atoms with Gasteiger partial charge in [0.1, 0.15) is 18.1 Å². The number of ether oxygens (including phenoxy) is 2. The van der Waals surface area contributed by atoms with Gasteiger partial charge in [-0.1, -0.05) is 0 Å². The molecule has 0 spiro atoms. The Morgan fingerprint density at radius 2 is 1.82 bits per heavy atom. The zero-order valence-electron chi connectivity index (χ0n) is 18.5.